The second-order valence-corrected chi connectivity index (χ2v) is 10.5. The van der Waals surface area contributed by atoms with Gasteiger partial charge in [-0.2, -0.15) is 0 Å². The van der Waals surface area contributed by atoms with Crippen LogP contribution in [0.4, 0.5) is 0 Å². The SMILES string of the molecule is Cc1nc2cc(OC[C@H](O)CN3CCN(C[C@H]4CC(c5ccccc5)=NO4)C[C@@H]3C)ccc2s1. The maximum Gasteiger partial charge on any atom is 0.145 e. The lowest BCUT2D eigenvalue weighted by atomic mass is 10.0. The number of ether oxygens (including phenoxy) is 1. The molecule has 7 nitrogen and oxygen atoms in total. The van der Waals surface area contributed by atoms with Gasteiger partial charge in [0, 0.05) is 51.3 Å². The molecule has 3 heterocycles. The van der Waals surface area contributed by atoms with Gasteiger partial charge in [0.1, 0.15) is 24.6 Å². The van der Waals surface area contributed by atoms with E-state index in [1.54, 1.807) is 11.3 Å². The first kappa shape index (κ1) is 23.2. The quantitative estimate of drug-likeness (QED) is 0.532. The first-order valence-corrected chi connectivity index (χ1v) is 12.8. The third-order valence-corrected chi connectivity index (χ3v) is 7.46. The van der Waals surface area contributed by atoms with Crippen LogP contribution in [0.25, 0.3) is 10.2 Å². The van der Waals surface area contributed by atoms with Crippen molar-refractivity contribution < 1.29 is 14.7 Å². The summed E-state index contributed by atoms with van der Waals surface area (Å²) in [7, 11) is 0. The highest BCUT2D eigenvalue weighted by Crippen LogP contribution is 2.26. The molecule has 0 unspecified atom stereocenters. The lowest BCUT2D eigenvalue weighted by molar-refractivity contribution is -0.000999. The van der Waals surface area contributed by atoms with Gasteiger partial charge in [-0.25, -0.2) is 4.98 Å². The molecule has 0 spiro atoms. The number of piperazine rings is 1. The topological polar surface area (TPSA) is 70.4 Å². The predicted molar refractivity (Wildman–Crippen MR) is 136 cm³/mol. The van der Waals surface area contributed by atoms with Crippen molar-refractivity contribution in [3.63, 3.8) is 0 Å². The fourth-order valence-corrected chi connectivity index (χ4v) is 5.56. The monoisotopic (exact) mass is 480 g/mol. The average molecular weight is 481 g/mol. The standard InChI is InChI=1S/C26H32N4O3S/c1-18-14-29(16-23-13-24(28-33-23)20-6-4-3-5-7-20)10-11-30(18)15-21(31)17-32-22-8-9-26-25(12-22)27-19(2)34-26/h3-9,12,18,21,23,31H,10-11,13-17H2,1-2H3/t18-,21+,23+/m0/s1. The van der Waals surface area contributed by atoms with Gasteiger partial charge in [-0.1, -0.05) is 35.5 Å². The van der Waals surface area contributed by atoms with E-state index in [0.29, 0.717) is 12.6 Å². The molecule has 1 fully saturated rings. The van der Waals surface area contributed by atoms with Gasteiger partial charge in [0.2, 0.25) is 0 Å². The fraction of sp³-hybridized carbons (Fsp3) is 0.462. The Balaban J connectivity index is 1.05. The Morgan fingerprint density at radius 1 is 1.21 bits per heavy atom. The Hall–Kier alpha value is -2.52. The largest absolute Gasteiger partial charge is 0.491 e. The van der Waals surface area contributed by atoms with Gasteiger partial charge in [-0.15, -0.1) is 11.3 Å². The van der Waals surface area contributed by atoms with Crippen LogP contribution in [-0.4, -0.2) is 83.2 Å². The van der Waals surface area contributed by atoms with Gasteiger partial charge in [-0.05, 0) is 31.5 Å². The van der Waals surface area contributed by atoms with Crippen molar-refractivity contribution in [3.8, 4) is 5.75 Å². The van der Waals surface area contributed by atoms with E-state index < -0.39 is 6.10 Å². The summed E-state index contributed by atoms with van der Waals surface area (Å²) in [6, 6.07) is 16.5. The van der Waals surface area contributed by atoms with E-state index in [1.807, 2.05) is 43.3 Å². The highest BCUT2D eigenvalue weighted by atomic mass is 32.1. The number of aliphatic hydroxyl groups excluding tert-OH is 1. The Labute approximate surface area is 204 Å². The molecule has 34 heavy (non-hydrogen) atoms. The zero-order valence-electron chi connectivity index (χ0n) is 19.8. The summed E-state index contributed by atoms with van der Waals surface area (Å²) in [6.07, 6.45) is 0.412. The molecule has 1 N–H and O–H groups in total. The number of nitrogens with zero attached hydrogens (tertiary/aromatic N) is 4. The molecule has 2 aliphatic heterocycles. The molecule has 2 aromatic carbocycles. The molecular weight excluding hydrogens is 448 g/mol. The lowest BCUT2D eigenvalue weighted by Crippen LogP contribution is -2.55. The Morgan fingerprint density at radius 3 is 2.88 bits per heavy atom. The minimum Gasteiger partial charge on any atom is -0.491 e. The van der Waals surface area contributed by atoms with Gasteiger partial charge in [-0.3, -0.25) is 9.80 Å². The van der Waals surface area contributed by atoms with Crippen LogP contribution >= 0.6 is 11.3 Å². The molecule has 180 valence electrons. The average Bonchev–Trinajstić information content (AvgIpc) is 3.45. The molecule has 2 aliphatic rings. The molecule has 0 bridgehead atoms. The predicted octanol–water partition coefficient (Wildman–Crippen LogP) is 3.54. The zero-order valence-corrected chi connectivity index (χ0v) is 20.6. The highest BCUT2D eigenvalue weighted by molar-refractivity contribution is 7.18. The van der Waals surface area contributed by atoms with Gasteiger partial charge in [0.05, 0.1) is 20.9 Å². The van der Waals surface area contributed by atoms with Crippen LogP contribution in [0.2, 0.25) is 0 Å². The summed E-state index contributed by atoms with van der Waals surface area (Å²) < 4.78 is 7.02. The van der Waals surface area contributed by atoms with Crippen molar-refractivity contribution in [3.05, 3.63) is 59.1 Å². The Kier molecular flexibility index (Phi) is 7.10. The molecule has 0 radical (unpaired) electrons. The van der Waals surface area contributed by atoms with E-state index in [4.69, 9.17) is 9.57 Å². The number of thiazole rings is 1. The Morgan fingerprint density at radius 2 is 2.06 bits per heavy atom. The minimum absolute atomic E-state index is 0.104. The minimum atomic E-state index is -0.540. The van der Waals surface area contributed by atoms with Crippen LogP contribution < -0.4 is 4.74 Å². The number of aliphatic hydroxyl groups is 1. The third kappa shape index (κ3) is 5.58. The molecule has 1 aromatic heterocycles. The van der Waals surface area contributed by atoms with Crippen LogP contribution in [0.15, 0.2) is 53.7 Å². The number of benzene rings is 2. The molecule has 3 atom stereocenters. The number of aromatic nitrogens is 1. The molecule has 0 saturated carbocycles. The number of oxime groups is 1. The number of hydrogen-bond donors (Lipinski definition) is 1. The van der Waals surface area contributed by atoms with Crippen LogP contribution in [0.5, 0.6) is 5.75 Å². The molecule has 0 aliphatic carbocycles. The third-order valence-electron chi connectivity index (χ3n) is 6.50. The number of fused-ring (bicyclic) bond motifs is 1. The lowest BCUT2D eigenvalue weighted by Gasteiger charge is -2.41. The van der Waals surface area contributed by atoms with Gasteiger partial charge < -0.3 is 14.7 Å². The summed E-state index contributed by atoms with van der Waals surface area (Å²) in [4.78, 5) is 15.0. The van der Waals surface area contributed by atoms with Crippen LogP contribution in [-0.2, 0) is 4.84 Å². The van der Waals surface area contributed by atoms with Gasteiger partial charge >= 0.3 is 0 Å². The molecule has 3 aromatic rings. The van der Waals surface area contributed by atoms with E-state index >= 15 is 0 Å². The molecule has 5 rings (SSSR count). The van der Waals surface area contributed by atoms with Crippen LogP contribution in [0.1, 0.15) is 23.9 Å². The highest BCUT2D eigenvalue weighted by Gasteiger charge is 2.30. The fourth-order valence-electron chi connectivity index (χ4n) is 4.75. The Bertz CT molecular complexity index is 1140. The number of hydrogen-bond acceptors (Lipinski definition) is 8. The van der Waals surface area contributed by atoms with Crippen LogP contribution in [0.3, 0.4) is 0 Å². The number of rotatable bonds is 8. The number of β-amino-alcohol motifs (C(OH)–C–C–N with tert-alkyl or cyclic N) is 1. The summed E-state index contributed by atoms with van der Waals surface area (Å²) in [5, 5.41) is 16.0. The van der Waals surface area contributed by atoms with Gasteiger partial charge in [0.15, 0.2) is 0 Å². The van der Waals surface area contributed by atoms with Crippen molar-refractivity contribution in [2.45, 2.75) is 38.5 Å². The van der Waals surface area contributed by atoms with Gasteiger partial charge in [0.25, 0.3) is 0 Å². The molecule has 8 heteroatoms. The summed E-state index contributed by atoms with van der Waals surface area (Å²) in [5.41, 5.74) is 3.12. The van der Waals surface area contributed by atoms with E-state index in [-0.39, 0.29) is 12.7 Å². The van der Waals surface area contributed by atoms with Crippen molar-refractivity contribution in [1.82, 2.24) is 14.8 Å². The van der Waals surface area contributed by atoms with E-state index in [2.05, 4.69) is 39.0 Å². The summed E-state index contributed by atoms with van der Waals surface area (Å²) >= 11 is 1.68. The first-order valence-electron chi connectivity index (χ1n) is 12.0. The smallest absolute Gasteiger partial charge is 0.145 e. The van der Waals surface area contributed by atoms with E-state index in [1.165, 1.54) is 0 Å². The second-order valence-electron chi connectivity index (χ2n) is 9.27. The maximum absolute atomic E-state index is 10.6. The summed E-state index contributed by atoms with van der Waals surface area (Å²) in [6.45, 7) is 8.81. The number of aryl methyl sites for hydroxylation is 1. The van der Waals surface area contributed by atoms with E-state index in [9.17, 15) is 5.11 Å². The molecule has 0 amide bonds. The first-order chi connectivity index (χ1) is 16.5. The molecule has 1 saturated heterocycles. The maximum atomic E-state index is 10.6. The molecular formula is C26H32N4O3S. The van der Waals surface area contributed by atoms with Crippen molar-refractivity contribution in [2.24, 2.45) is 5.16 Å². The normalized spacial score (nSPS) is 22.5. The second kappa shape index (κ2) is 10.4. The van der Waals surface area contributed by atoms with E-state index in [0.717, 1.165) is 64.8 Å². The zero-order chi connectivity index (χ0) is 23.5. The van der Waals surface area contributed by atoms with Crippen molar-refractivity contribution >= 4 is 27.3 Å². The van der Waals surface area contributed by atoms with Crippen molar-refractivity contribution in [2.75, 3.05) is 39.3 Å². The summed E-state index contributed by atoms with van der Waals surface area (Å²) in [5.74, 6) is 0.753. The van der Waals surface area contributed by atoms with Crippen LogP contribution in [0, 0.1) is 6.92 Å². The van der Waals surface area contributed by atoms with Crippen molar-refractivity contribution in [1.29, 1.82) is 0 Å².